The van der Waals surface area contributed by atoms with Gasteiger partial charge in [-0.05, 0) is 63.6 Å². The van der Waals surface area contributed by atoms with Crippen molar-refractivity contribution in [1.82, 2.24) is 0 Å². The normalized spacial score (nSPS) is 19.7. The van der Waals surface area contributed by atoms with Gasteiger partial charge in [-0.1, -0.05) is 48.6 Å². The van der Waals surface area contributed by atoms with Crippen molar-refractivity contribution in [3.05, 3.63) is 65.2 Å². The maximum Gasteiger partial charge on any atom is 0.00305 e. The van der Waals surface area contributed by atoms with Crippen molar-refractivity contribution in [2.45, 2.75) is 25.2 Å². The number of fused-ring (bicyclic) bond motifs is 2. The molecule has 0 saturated heterocycles. The number of allylic oxidation sites excluding steroid dienone is 1. The van der Waals surface area contributed by atoms with Gasteiger partial charge in [0.2, 0.25) is 0 Å². The van der Waals surface area contributed by atoms with E-state index in [4.69, 9.17) is 0 Å². The summed E-state index contributed by atoms with van der Waals surface area (Å²) in [5.74, 6) is 0.649. The molecule has 0 aliphatic heterocycles. The molecule has 0 radical (unpaired) electrons. The highest BCUT2D eigenvalue weighted by Gasteiger charge is 2.24. The fourth-order valence-electron chi connectivity index (χ4n) is 4.15. The third-order valence-electron chi connectivity index (χ3n) is 5.03. The summed E-state index contributed by atoms with van der Waals surface area (Å²) in [4.78, 5) is 0. The van der Waals surface area contributed by atoms with Gasteiger partial charge in [0, 0.05) is 5.92 Å². The fraction of sp³-hybridized carbons (Fsp3) is 0.200. The zero-order valence-electron chi connectivity index (χ0n) is 11.4. The lowest BCUT2D eigenvalue weighted by Gasteiger charge is -2.29. The van der Waals surface area contributed by atoms with Crippen LogP contribution in [0.2, 0.25) is 0 Å². The highest BCUT2D eigenvalue weighted by Crippen LogP contribution is 2.44. The highest BCUT2D eigenvalue weighted by atomic mass is 14.3. The molecule has 0 heteroatoms. The minimum Gasteiger partial charge on any atom is -0.0764 e. The maximum absolute atomic E-state index is 2.43. The van der Waals surface area contributed by atoms with Crippen LogP contribution in [-0.2, 0) is 6.42 Å². The van der Waals surface area contributed by atoms with E-state index in [2.05, 4.69) is 54.6 Å². The van der Waals surface area contributed by atoms with Crippen LogP contribution in [0.3, 0.4) is 0 Å². The molecular weight excluding hydrogens is 240 g/mol. The first-order valence-corrected chi connectivity index (χ1v) is 7.57. The molecule has 0 N–H and O–H groups in total. The third kappa shape index (κ3) is 1.27. The quantitative estimate of drug-likeness (QED) is 0.470. The summed E-state index contributed by atoms with van der Waals surface area (Å²) in [5.41, 5.74) is 4.61. The lowest BCUT2D eigenvalue weighted by molar-refractivity contribution is 0.633. The van der Waals surface area contributed by atoms with Crippen LogP contribution in [0.1, 0.15) is 35.4 Å². The van der Waals surface area contributed by atoms with Gasteiger partial charge in [-0.15, -0.1) is 0 Å². The topological polar surface area (TPSA) is 0 Å². The number of aryl methyl sites for hydroxylation is 1. The van der Waals surface area contributed by atoms with Crippen molar-refractivity contribution >= 4 is 27.6 Å². The Morgan fingerprint density at radius 3 is 2.90 bits per heavy atom. The molecule has 20 heavy (non-hydrogen) atoms. The standard InChI is InChI=1S/C20H16/c1-2-7-17-15(4-1)12-16-9-8-13-5-3-6-14-10-11-18(17)20(16)19(13)14/h1-2,4,7-13H,3,5-6H2. The van der Waals surface area contributed by atoms with Gasteiger partial charge in [0.15, 0.2) is 0 Å². The minimum atomic E-state index is 0.649. The molecule has 0 nitrogen and oxygen atoms in total. The van der Waals surface area contributed by atoms with Crippen LogP contribution in [0.25, 0.3) is 27.6 Å². The average molecular weight is 256 g/mol. The predicted octanol–water partition coefficient (Wildman–Crippen LogP) is 5.44. The summed E-state index contributed by atoms with van der Waals surface area (Å²) in [5, 5.41) is 5.71. The zero-order chi connectivity index (χ0) is 13.1. The Morgan fingerprint density at radius 1 is 0.950 bits per heavy atom. The SMILES string of the molecule is C1=CC2CCCc3ccc4c(c1cc1ccccc14)c32. The molecule has 3 aromatic carbocycles. The van der Waals surface area contributed by atoms with Crippen LogP contribution in [0.15, 0.2) is 48.5 Å². The third-order valence-corrected chi connectivity index (χ3v) is 5.03. The zero-order valence-corrected chi connectivity index (χ0v) is 11.4. The van der Waals surface area contributed by atoms with Crippen molar-refractivity contribution in [3.8, 4) is 0 Å². The highest BCUT2D eigenvalue weighted by molar-refractivity contribution is 6.13. The van der Waals surface area contributed by atoms with Crippen molar-refractivity contribution in [1.29, 1.82) is 0 Å². The van der Waals surface area contributed by atoms with Crippen LogP contribution < -0.4 is 0 Å². The van der Waals surface area contributed by atoms with Gasteiger partial charge < -0.3 is 0 Å². The first-order valence-electron chi connectivity index (χ1n) is 7.57. The Kier molecular flexibility index (Phi) is 1.99. The van der Waals surface area contributed by atoms with E-state index in [0.29, 0.717) is 5.92 Å². The van der Waals surface area contributed by atoms with Gasteiger partial charge in [-0.2, -0.15) is 0 Å². The molecule has 3 aromatic rings. The minimum absolute atomic E-state index is 0.649. The number of hydrogen-bond acceptors (Lipinski definition) is 0. The van der Waals surface area contributed by atoms with E-state index in [1.807, 2.05) is 0 Å². The predicted molar refractivity (Wildman–Crippen MR) is 86.2 cm³/mol. The Labute approximate surface area is 118 Å². The molecule has 0 spiro atoms. The summed E-state index contributed by atoms with van der Waals surface area (Å²) in [6, 6.07) is 15.9. The Hall–Kier alpha value is -2.08. The summed E-state index contributed by atoms with van der Waals surface area (Å²) >= 11 is 0. The van der Waals surface area contributed by atoms with Gasteiger partial charge >= 0.3 is 0 Å². The first kappa shape index (κ1) is 10.7. The monoisotopic (exact) mass is 256 g/mol. The molecule has 0 saturated carbocycles. The second-order valence-corrected chi connectivity index (χ2v) is 6.11. The Balaban J connectivity index is 2.05. The van der Waals surface area contributed by atoms with Gasteiger partial charge in [0.05, 0.1) is 0 Å². The maximum atomic E-state index is 2.43. The van der Waals surface area contributed by atoms with Crippen LogP contribution in [-0.4, -0.2) is 0 Å². The van der Waals surface area contributed by atoms with Gasteiger partial charge in [0.1, 0.15) is 0 Å². The average Bonchev–Trinajstić information content (AvgIpc) is 2.52. The van der Waals surface area contributed by atoms with Crippen LogP contribution in [0.5, 0.6) is 0 Å². The number of hydrogen-bond donors (Lipinski definition) is 0. The Bertz CT molecular complexity index is 883. The molecule has 1 atom stereocenters. The molecule has 0 amide bonds. The number of rotatable bonds is 0. The van der Waals surface area contributed by atoms with E-state index in [0.717, 1.165) is 0 Å². The van der Waals surface area contributed by atoms with E-state index >= 15 is 0 Å². The summed E-state index contributed by atoms with van der Waals surface area (Å²) < 4.78 is 0. The van der Waals surface area contributed by atoms with E-state index in [-0.39, 0.29) is 0 Å². The molecule has 0 fully saturated rings. The van der Waals surface area contributed by atoms with Crippen molar-refractivity contribution in [3.63, 3.8) is 0 Å². The van der Waals surface area contributed by atoms with Crippen molar-refractivity contribution < 1.29 is 0 Å². The van der Waals surface area contributed by atoms with E-state index in [9.17, 15) is 0 Å². The smallest absolute Gasteiger partial charge is 0.00305 e. The van der Waals surface area contributed by atoms with Crippen molar-refractivity contribution in [2.75, 3.05) is 0 Å². The largest absolute Gasteiger partial charge is 0.0764 e. The molecular formula is C20H16. The molecule has 96 valence electrons. The van der Waals surface area contributed by atoms with Crippen LogP contribution in [0.4, 0.5) is 0 Å². The van der Waals surface area contributed by atoms with Crippen molar-refractivity contribution in [2.24, 2.45) is 0 Å². The lowest BCUT2D eigenvalue weighted by Crippen LogP contribution is -2.11. The Morgan fingerprint density at radius 2 is 1.90 bits per heavy atom. The summed E-state index contributed by atoms with van der Waals surface area (Å²) in [7, 11) is 0. The number of benzene rings is 3. The second kappa shape index (κ2) is 3.73. The van der Waals surface area contributed by atoms with E-state index in [1.54, 1.807) is 11.1 Å². The van der Waals surface area contributed by atoms with E-state index < -0.39 is 0 Å². The van der Waals surface area contributed by atoms with E-state index in [1.165, 1.54) is 46.4 Å². The molecule has 5 rings (SSSR count). The lowest BCUT2D eigenvalue weighted by atomic mass is 9.75. The molecule has 0 heterocycles. The first-order chi connectivity index (χ1) is 9.92. The van der Waals surface area contributed by atoms with Gasteiger partial charge in [-0.25, -0.2) is 0 Å². The molecule has 1 unspecified atom stereocenters. The second-order valence-electron chi connectivity index (χ2n) is 6.11. The molecule has 2 aliphatic rings. The fourth-order valence-corrected chi connectivity index (χ4v) is 4.15. The summed E-state index contributed by atoms with van der Waals surface area (Å²) in [6.45, 7) is 0. The van der Waals surface area contributed by atoms with Crippen LogP contribution >= 0.6 is 0 Å². The van der Waals surface area contributed by atoms with Gasteiger partial charge in [0.25, 0.3) is 0 Å². The summed E-state index contributed by atoms with van der Waals surface area (Å²) in [6.07, 6.45) is 8.67. The molecule has 0 bridgehead atoms. The molecule has 0 aromatic heterocycles. The van der Waals surface area contributed by atoms with Gasteiger partial charge in [-0.3, -0.25) is 0 Å². The van der Waals surface area contributed by atoms with Crippen LogP contribution in [0, 0.1) is 0 Å². The molecule has 2 aliphatic carbocycles.